The number of rotatable bonds is 3. The van der Waals surface area contributed by atoms with Crippen LogP contribution in [0.4, 0.5) is 0 Å². The molecule has 1 aliphatic heterocycles. The largest absolute Gasteiger partial charge is 0.336 e. The average Bonchev–Trinajstić information content (AvgIpc) is 3.03. The average molecular weight is 484 g/mol. The number of hydrogen-bond acceptors (Lipinski definition) is 4. The molecular formula is C15H13BrCl2N2O3S2. The monoisotopic (exact) mass is 482 g/mol. The van der Waals surface area contributed by atoms with E-state index in [2.05, 4.69) is 15.9 Å². The summed E-state index contributed by atoms with van der Waals surface area (Å²) in [6.45, 7) is 1.07. The molecule has 0 aliphatic carbocycles. The zero-order valence-electron chi connectivity index (χ0n) is 12.8. The van der Waals surface area contributed by atoms with Crippen LogP contribution >= 0.6 is 50.5 Å². The first-order valence-electron chi connectivity index (χ1n) is 7.28. The Bertz CT molecular complexity index is 909. The van der Waals surface area contributed by atoms with Crippen LogP contribution in [0.25, 0.3) is 0 Å². The van der Waals surface area contributed by atoms with Crippen molar-refractivity contribution in [3.05, 3.63) is 49.0 Å². The normalized spacial score (nSPS) is 16.2. The molecule has 0 N–H and O–H groups in total. The van der Waals surface area contributed by atoms with Crippen LogP contribution in [0.3, 0.4) is 0 Å². The van der Waals surface area contributed by atoms with Gasteiger partial charge in [0.25, 0.3) is 5.91 Å². The summed E-state index contributed by atoms with van der Waals surface area (Å²) in [6, 6.07) is 6.29. The predicted molar refractivity (Wildman–Crippen MR) is 103 cm³/mol. The lowest BCUT2D eigenvalue weighted by atomic mass is 10.2. The Morgan fingerprint density at radius 3 is 2.44 bits per heavy atom. The highest BCUT2D eigenvalue weighted by Crippen LogP contribution is 2.31. The second kappa shape index (κ2) is 7.54. The van der Waals surface area contributed by atoms with Gasteiger partial charge in [-0.3, -0.25) is 4.79 Å². The molecule has 0 atom stereocenters. The van der Waals surface area contributed by atoms with Gasteiger partial charge in [0.15, 0.2) is 0 Å². The summed E-state index contributed by atoms with van der Waals surface area (Å²) in [5.74, 6) is -0.0974. The van der Waals surface area contributed by atoms with Crippen LogP contribution in [0, 0.1) is 0 Å². The molecule has 0 saturated carbocycles. The fraction of sp³-hybridized carbons (Fsp3) is 0.267. The highest BCUT2D eigenvalue weighted by atomic mass is 79.9. The third-order valence-corrected chi connectivity index (χ3v) is 8.25. The zero-order valence-corrected chi connectivity index (χ0v) is 17.5. The molecule has 0 radical (unpaired) electrons. The van der Waals surface area contributed by atoms with Gasteiger partial charge in [0.1, 0.15) is 4.90 Å². The van der Waals surface area contributed by atoms with E-state index < -0.39 is 10.0 Å². The molecule has 1 fully saturated rings. The Kier molecular flexibility index (Phi) is 5.77. The maximum atomic E-state index is 12.8. The molecule has 134 valence electrons. The number of hydrogen-bond donors (Lipinski definition) is 0. The first-order valence-corrected chi connectivity index (χ1v) is 11.1. The van der Waals surface area contributed by atoms with Gasteiger partial charge < -0.3 is 4.90 Å². The smallest absolute Gasteiger partial charge is 0.254 e. The molecular weight excluding hydrogens is 471 g/mol. The fourth-order valence-corrected chi connectivity index (χ4v) is 5.85. The Labute approximate surface area is 168 Å². The number of piperazine rings is 1. The first-order chi connectivity index (χ1) is 11.8. The topological polar surface area (TPSA) is 57.7 Å². The number of carbonyl (C=O) groups is 1. The number of halogens is 3. The van der Waals surface area contributed by atoms with E-state index >= 15 is 0 Å². The Morgan fingerprint density at radius 1 is 1.16 bits per heavy atom. The Balaban J connectivity index is 1.73. The van der Waals surface area contributed by atoms with Crippen molar-refractivity contribution >= 4 is 66.4 Å². The third-order valence-electron chi connectivity index (χ3n) is 3.87. The molecule has 25 heavy (non-hydrogen) atoms. The van der Waals surface area contributed by atoms with Crippen molar-refractivity contribution in [3.8, 4) is 0 Å². The van der Waals surface area contributed by atoms with Crippen LogP contribution in [-0.4, -0.2) is 49.7 Å². The Hall–Kier alpha value is -0.640. The first kappa shape index (κ1) is 19.1. The van der Waals surface area contributed by atoms with Crippen molar-refractivity contribution in [2.75, 3.05) is 26.2 Å². The van der Waals surface area contributed by atoms with Gasteiger partial charge in [0, 0.05) is 31.6 Å². The summed E-state index contributed by atoms with van der Waals surface area (Å²) < 4.78 is 27.8. The van der Waals surface area contributed by atoms with Gasteiger partial charge in [-0.25, -0.2) is 8.42 Å². The van der Waals surface area contributed by atoms with E-state index in [0.717, 1.165) is 3.79 Å². The molecule has 1 amide bonds. The van der Waals surface area contributed by atoms with Gasteiger partial charge in [-0.1, -0.05) is 29.3 Å². The van der Waals surface area contributed by atoms with E-state index in [-0.39, 0.29) is 33.9 Å². The molecule has 0 unspecified atom stereocenters. The molecule has 1 aromatic carbocycles. The van der Waals surface area contributed by atoms with E-state index in [1.165, 1.54) is 21.7 Å². The summed E-state index contributed by atoms with van der Waals surface area (Å²) >= 11 is 16.7. The molecule has 2 aromatic rings. The second-order valence-electron chi connectivity index (χ2n) is 5.39. The number of amides is 1. The van der Waals surface area contributed by atoms with Crippen LogP contribution in [0.15, 0.2) is 38.3 Å². The molecule has 0 bridgehead atoms. The van der Waals surface area contributed by atoms with Crippen LogP contribution in [0.5, 0.6) is 0 Å². The Morgan fingerprint density at radius 2 is 1.84 bits per heavy atom. The molecule has 5 nitrogen and oxygen atoms in total. The minimum atomic E-state index is -3.75. The summed E-state index contributed by atoms with van der Waals surface area (Å²) in [5.41, 5.74) is 0.603. The van der Waals surface area contributed by atoms with Crippen molar-refractivity contribution < 1.29 is 13.2 Å². The van der Waals surface area contributed by atoms with Gasteiger partial charge in [-0.2, -0.15) is 4.31 Å². The van der Waals surface area contributed by atoms with Crippen molar-refractivity contribution in [3.63, 3.8) is 0 Å². The van der Waals surface area contributed by atoms with Crippen molar-refractivity contribution in [2.45, 2.75) is 4.90 Å². The lowest BCUT2D eigenvalue weighted by Gasteiger charge is -2.34. The summed E-state index contributed by atoms with van der Waals surface area (Å²) in [4.78, 5) is 14.1. The quantitative estimate of drug-likeness (QED) is 0.663. The fourth-order valence-electron chi connectivity index (χ4n) is 2.56. The van der Waals surface area contributed by atoms with E-state index in [1.807, 2.05) is 0 Å². The molecule has 3 rings (SSSR count). The minimum absolute atomic E-state index is 0.0109. The van der Waals surface area contributed by atoms with Crippen molar-refractivity contribution in [1.29, 1.82) is 0 Å². The second-order valence-corrected chi connectivity index (χ2v) is 10.4. The van der Waals surface area contributed by atoms with E-state index in [0.29, 0.717) is 18.7 Å². The molecule has 1 aromatic heterocycles. The lowest BCUT2D eigenvalue weighted by Crippen LogP contribution is -2.50. The SMILES string of the molecule is O=C(c1csc(Br)c1)N1CCN(S(=O)(=O)c2cccc(Cl)c2Cl)CC1. The highest BCUT2D eigenvalue weighted by Gasteiger charge is 2.32. The van der Waals surface area contributed by atoms with E-state index in [4.69, 9.17) is 23.2 Å². The number of carbonyl (C=O) groups excluding carboxylic acids is 1. The van der Waals surface area contributed by atoms with Crippen LogP contribution in [-0.2, 0) is 10.0 Å². The molecule has 10 heteroatoms. The standard InChI is InChI=1S/C15H13BrCl2N2O3S2/c16-13-8-10(9-24-13)15(21)19-4-6-20(7-5-19)25(22,23)12-3-1-2-11(17)14(12)18/h1-3,8-9H,4-7H2. The molecule has 1 saturated heterocycles. The molecule has 2 heterocycles. The number of thiophene rings is 1. The van der Waals surface area contributed by atoms with Gasteiger partial charge >= 0.3 is 0 Å². The summed E-state index contributed by atoms with van der Waals surface area (Å²) in [6.07, 6.45) is 0. The van der Waals surface area contributed by atoms with Gasteiger partial charge in [0.2, 0.25) is 10.0 Å². The van der Waals surface area contributed by atoms with Gasteiger partial charge in [-0.05, 0) is 34.1 Å². The molecule has 1 aliphatic rings. The van der Waals surface area contributed by atoms with E-state index in [1.54, 1.807) is 28.5 Å². The zero-order chi connectivity index (χ0) is 18.2. The summed E-state index contributed by atoms with van der Waals surface area (Å²) in [7, 11) is -3.75. The van der Waals surface area contributed by atoms with Crippen molar-refractivity contribution in [1.82, 2.24) is 9.21 Å². The minimum Gasteiger partial charge on any atom is -0.336 e. The number of benzene rings is 1. The van der Waals surface area contributed by atoms with Crippen LogP contribution in [0.1, 0.15) is 10.4 Å². The van der Waals surface area contributed by atoms with Gasteiger partial charge in [0.05, 0.1) is 19.4 Å². The summed E-state index contributed by atoms with van der Waals surface area (Å²) in [5, 5.41) is 1.99. The number of sulfonamides is 1. The highest BCUT2D eigenvalue weighted by molar-refractivity contribution is 9.11. The van der Waals surface area contributed by atoms with Crippen molar-refractivity contribution in [2.24, 2.45) is 0 Å². The van der Waals surface area contributed by atoms with E-state index in [9.17, 15) is 13.2 Å². The third kappa shape index (κ3) is 3.89. The maximum Gasteiger partial charge on any atom is 0.254 e. The van der Waals surface area contributed by atoms with Crippen LogP contribution < -0.4 is 0 Å². The molecule has 0 spiro atoms. The van der Waals surface area contributed by atoms with Gasteiger partial charge in [-0.15, -0.1) is 11.3 Å². The lowest BCUT2D eigenvalue weighted by molar-refractivity contribution is 0.0698. The predicted octanol–water partition coefficient (Wildman–Crippen LogP) is 3.96. The number of nitrogens with zero attached hydrogens (tertiary/aromatic N) is 2. The van der Waals surface area contributed by atoms with Crippen LogP contribution in [0.2, 0.25) is 10.0 Å². The maximum absolute atomic E-state index is 12.8.